The van der Waals surface area contributed by atoms with Crippen LogP contribution in [-0.2, 0) is 16.1 Å². The van der Waals surface area contributed by atoms with E-state index in [-0.39, 0.29) is 12.5 Å². The van der Waals surface area contributed by atoms with Crippen LogP contribution in [0.3, 0.4) is 0 Å². The summed E-state index contributed by atoms with van der Waals surface area (Å²) in [6.45, 7) is 0.612. The third kappa shape index (κ3) is 4.97. The summed E-state index contributed by atoms with van der Waals surface area (Å²) < 4.78 is 5.06. The molecule has 0 fully saturated rings. The number of hydrogen-bond acceptors (Lipinski definition) is 3. The number of carbonyl (C=O) groups is 1. The molecule has 1 aromatic rings. The molecule has 0 atom stereocenters. The van der Waals surface area contributed by atoms with Gasteiger partial charge in [-0.15, -0.1) is 0 Å². The zero-order chi connectivity index (χ0) is 12.5. The van der Waals surface area contributed by atoms with Crippen molar-refractivity contribution in [2.24, 2.45) is 0 Å². The Morgan fingerprint density at radius 1 is 1.35 bits per heavy atom. The van der Waals surface area contributed by atoms with Crippen molar-refractivity contribution in [2.45, 2.75) is 25.9 Å². The molecule has 4 heteroatoms. The van der Waals surface area contributed by atoms with Gasteiger partial charge in [-0.1, -0.05) is 18.2 Å². The van der Waals surface area contributed by atoms with E-state index in [0.29, 0.717) is 25.9 Å². The highest BCUT2D eigenvalue weighted by Gasteiger charge is 2.05. The van der Waals surface area contributed by atoms with Gasteiger partial charge in [-0.3, -0.25) is 4.79 Å². The third-order valence-electron chi connectivity index (χ3n) is 2.40. The lowest BCUT2D eigenvalue weighted by Gasteiger charge is -2.10. The van der Waals surface area contributed by atoms with Gasteiger partial charge in [0.1, 0.15) is 0 Å². The summed E-state index contributed by atoms with van der Waals surface area (Å²) in [7, 11) is 1.62. The normalized spacial score (nSPS) is 10.2. The average Bonchev–Trinajstić information content (AvgIpc) is 2.32. The van der Waals surface area contributed by atoms with Crippen LogP contribution in [0.4, 0.5) is 5.69 Å². The molecule has 4 nitrogen and oxygen atoms in total. The van der Waals surface area contributed by atoms with Gasteiger partial charge in [-0.05, 0) is 18.9 Å². The molecule has 1 amide bonds. The van der Waals surface area contributed by atoms with E-state index in [2.05, 4.69) is 5.32 Å². The molecule has 0 aliphatic rings. The molecule has 0 saturated heterocycles. The van der Waals surface area contributed by atoms with Gasteiger partial charge in [0.05, 0.1) is 6.61 Å². The van der Waals surface area contributed by atoms with Gasteiger partial charge in [-0.2, -0.15) is 0 Å². The van der Waals surface area contributed by atoms with Crippen LogP contribution < -0.4 is 5.32 Å². The number of rotatable bonds is 7. The summed E-state index contributed by atoms with van der Waals surface area (Å²) in [4.78, 5) is 11.6. The summed E-state index contributed by atoms with van der Waals surface area (Å²) in [5.41, 5.74) is 1.76. The first-order chi connectivity index (χ1) is 8.27. The fraction of sp³-hybridized carbons (Fsp3) is 0.462. The number of methoxy groups -OCH3 is 1. The topological polar surface area (TPSA) is 58.6 Å². The van der Waals surface area contributed by atoms with Crippen LogP contribution in [0.2, 0.25) is 0 Å². The highest BCUT2D eigenvalue weighted by molar-refractivity contribution is 5.91. The van der Waals surface area contributed by atoms with Gasteiger partial charge in [-0.25, -0.2) is 0 Å². The number of carbonyl (C=O) groups excluding carboxylic acids is 1. The molecule has 0 aliphatic heterocycles. The van der Waals surface area contributed by atoms with Crippen molar-refractivity contribution in [1.82, 2.24) is 0 Å². The molecule has 0 heterocycles. The number of hydrogen-bond donors (Lipinski definition) is 2. The zero-order valence-electron chi connectivity index (χ0n) is 10.1. The third-order valence-corrected chi connectivity index (χ3v) is 2.40. The van der Waals surface area contributed by atoms with E-state index in [1.165, 1.54) is 0 Å². The van der Waals surface area contributed by atoms with Crippen LogP contribution in [0, 0.1) is 0 Å². The van der Waals surface area contributed by atoms with Gasteiger partial charge in [0.25, 0.3) is 0 Å². The lowest BCUT2D eigenvalue weighted by Crippen LogP contribution is -2.13. The van der Waals surface area contributed by atoms with Crippen molar-refractivity contribution in [2.75, 3.05) is 19.0 Å². The predicted octanol–water partition coefficient (Wildman–Crippen LogP) is 1.93. The maximum atomic E-state index is 11.6. The van der Waals surface area contributed by atoms with Crippen LogP contribution in [0.15, 0.2) is 24.3 Å². The number of nitrogens with one attached hydrogen (secondary N) is 1. The second kappa shape index (κ2) is 7.81. The van der Waals surface area contributed by atoms with E-state index in [0.717, 1.165) is 11.3 Å². The van der Waals surface area contributed by atoms with Crippen LogP contribution in [0.5, 0.6) is 0 Å². The lowest BCUT2D eigenvalue weighted by molar-refractivity contribution is -0.116. The first-order valence-corrected chi connectivity index (χ1v) is 5.75. The monoisotopic (exact) mass is 237 g/mol. The molecule has 1 aromatic carbocycles. The Labute approximate surface area is 102 Å². The van der Waals surface area contributed by atoms with E-state index in [9.17, 15) is 4.79 Å². The van der Waals surface area contributed by atoms with Crippen LogP contribution in [-0.4, -0.2) is 24.7 Å². The van der Waals surface area contributed by atoms with Gasteiger partial charge < -0.3 is 15.2 Å². The highest BCUT2D eigenvalue weighted by atomic mass is 16.5. The summed E-state index contributed by atoms with van der Waals surface area (Å²) in [6, 6.07) is 7.57. The maximum Gasteiger partial charge on any atom is 0.224 e. The maximum absolute atomic E-state index is 11.6. The Morgan fingerprint density at radius 3 is 2.82 bits per heavy atom. The minimum atomic E-state index is -0.0259. The van der Waals surface area contributed by atoms with Crippen molar-refractivity contribution >= 4 is 11.6 Å². The minimum absolute atomic E-state index is 0.0259. The van der Waals surface area contributed by atoms with E-state index in [1.807, 2.05) is 24.3 Å². The van der Waals surface area contributed by atoms with Crippen molar-refractivity contribution < 1.29 is 14.6 Å². The smallest absolute Gasteiger partial charge is 0.224 e. The SMILES string of the molecule is COCc1ccccc1NC(=O)CCCCO. The quantitative estimate of drug-likeness (QED) is 0.712. The van der Waals surface area contributed by atoms with Crippen molar-refractivity contribution in [1.29, 1.82) is 0 Å². The van der Waals surface area contributed by atoms with Crippen LogP contribution in [0.25, 0.3) is 0 Å². The first-order valence-electron chi connectivity index (χ1n) is 5.75. The molecule has 1 rings (SSSR count). The summed E-state index contributed by atoms with van der Waals surface area (Å²) in [6.07, 6.45) is 1.80. The number of anilines is 1. The van der Waals surface area contributed by atoms with Crippen molar-refractivity contribution in [3.05, 3.63) is 29.8 Å². The van der Waals surface area contributed by atoms with Gasteiger partial charge in [0, 0.05) is 31.4 Å². The number of unbranched alkanes of at least 4 members (excludes halogenated alkanes) is 1. The molecule has 0 bridgehead atoms. The number of benzene rings is 1. The van der Waals surface area contributed by atoms with E-state index < -0.39 is 0 Å². The Hall–Kier alpha value is -1.39. The largest absolute Gasteiger partial charge is 0.396 e. The molecule has 0 radical (unpaired) electrons. The molecule has 0 spiro atoms. The fourth-order valence-electron chi connectivity index (χ4n) is 1.53. The molecule has 0 aliphatic carbocycles. The number of aliphatic hydroxyl groups is 1. The summed E-state index contributed by atoms with van der Waals surface area (Å²) >= 11 is 0. The van der Waals surface area contributed by atoms with Gasteiger partial charge in [0.2, 0.25) is 5.91 Å². The van der Waals surface area contributed by atoms with Crippen molar-refractivity contribution in [3.63, 3.8) is 0 Å². The first kappa shape index (κ1) is 13.7. The van der Waals surface area contributed by atoms with Crippen LogP contribution >= 0.6 is 0 Å². The Morgan fingerprint density at radius 2 is 2.12 bits per heavy atom. The molecular formula is C13H19NO3. The Kier molecular flexibility index (Phi) is 6.29. The highest BCUT2D eigenvalue weighted by Crippen LogP contribution is 2.16. The minimum Gasteiger partial charge on any atom is -0.396 e. The second-order valence-electron chi connectivity index (χ2n) is 3.82. The molecule has 0 unspecified atom stereocenters. The second-order valence-corrected chi connectivity index (χ2v) is 3.82. The zero-order valence-corrected chi connectivity index (χ0v) is 10.1. The molecular weight excluding hydrogens is 218 g/mol. The van der Waals surface area contributed by atoms with Gasteiger partial charge in [0.15, 0.2) is 0 Å². The fourth-order valence-corrected chi connectivity index (χ4v) is 1.53. The molecule has 0 saturated carbocycles. The van der Waals surface area contributed by atoms with Crippen molar-refractivity contribution in [3.8, 4) is 0 Å². The van der Waals surface area contributed by atoms with E-state index >= 15 is 0 Å². The number of para-hydroxylation sites is 1. The Balaban J connectivity index is 2.52. The predicted molar refractivity (Wildman–Crippen MR) is 66.7 cm³/mol. The molecule has 17 heavy (non-hydrogen) atoms. The summed E-state index contributed by atoms with van der Waals surface area (Å²) in [5.74, 6) is -0.0259. The standard InChI is InChI=1S/C13H19NO3/c1-17-10-11-6-2-3-7-12(11)14-13(16)8-4-5-9-15/h2-3,6-7,15H,4-5,8-10H2,1H3,(H,14,16). The molecule has 0 aromatic heterocycles. The van der Waals surface area contributed by atoms with E-state index in [4.69, 9.17) is 9.84 Å². The molecule has 2 N–H and O–H groups in total. The van der Waals surface area contributed by atoms with E-state index in [1.54, 1.807) is 7.11 Å². The number of aliphatic hydroxyl groups excluding tert-OH is 1. The average molecular weight is 237 g/mol. The van der Waals surface area contributed by atoms with Gasteiger partial charge >= 0.3 is 0 Å². The number of ether oxygens (including phenoxy) is 1. The molecule has 94 valence electrons. The lowest BCUT2D eigenvalue weighted by atomic mass is 10.1. The Bertz CT molecular complexity index is 352. The van der Waals surface area contributed by atoms with Crippen LogP contribution in [0.1, 0.15) is 24.8 Å². The summed E-state index contributed by atoms with van der Waals surface area (Å²) in [5, 5.41) is 11.5. The number of amides is 1.